The monoisotopic (exact) mass is 428 g/mol. The fourth-order valence-electron chi connectivity index (χ4n) is 3.85. The molecule has 4 rings (SSSR count). The number of anilines is 1. The minimum atomic E-state index is -3.97. The predicted octanol–water partition coefficient (Wildman–Crippen LogP) is 3.33. The summed E-state index contributed by atoms with van der Waals surface area (Å²) < 4.78 is 36.1. The van der Waals surface area contributed by atoms with Gasteiger partial charge in [0.05, 0.1) is 11.8 Å². The number of rotatable bonds is 5. The molecule has 0 radical (unpaired) electrons. The number of likely N-dealkylation sites (tertiary alicyclic amines) is 1. The van der Waals surface area contributed by atoms with Crippen molar-refractivity contribution >= 4 is 21.6 Å². The van der Waals surface area contributed by atoms with Gasteiger partial charge < -0.3 is 14.0 Å². The molecular formula is C21H24N4O4S. The van der Waals surface area contributed by atoms with Crippen LogP contribution in [0.1, 0.15) is 34.6 Å². The average molecular weight is 429 g/mol. The maximum atomic E-state index is 13.3. The SMILES string of the molecule is Cc1c(C(=O)N2CCCC2)c(S(=O)(=O)Nc2ccc(-c3ccno3)cc2)c(C)n1C. The van der Waals surface area contributed by atoms with Gasteiger partial charge in [-0.25, -0.2) is 8.42 Å². The summed E-state index contributed by atoms with van der Waals surface area (Å²) in [6.45, 7) is 4.81. The molecule has 0 atom stereocenters. The van der Waals surface area contributed by atoms with E-state index in [-0.39, 0.29) is 16.4 Å². The molecule has 1 saturated heterocycles. The molecule has 1 aliphatic rings. The molecular weight excluding hydrogens is 404 g/mol. The highest BCUT2D eigenvalue weighted by molar-refractivity contribution is 7.92. The molecule has 1 aromatic carbocycles. The molecule has 3 heterocycles. The molecule has 30 heavy (non-hydrogen) atoms. The summed E-state index contributed by atoms with van der Waals surface area (Å²) in [4.78, 5) is 14.9. The van der Waals surface area contributed by atoms with E-state index in [1.807, 2.05) is 0 Å². The first-order valence-electron chi connectivity index (χ1n) is 9.78. The van der Waals surface area contributed by atoms with Crippen LogP contribution in [-0.2, 0) is 17.1 Å². The Hall–Kier alpha value is -3.07. The van der Waals surface area contributed by atoms with Crippen molar-refractivity contribution in [3.05, 3.63) is 53.5 Å². The molecule has 0 aliphatic carbocycles. The summed E-state index contributed by atoms with van der Waals surface area (Å²) in [7, 11) is -2.20. The Bertz CT molecular complexity index is 1170. The lowest BCUT2D eigenvalue weighted by atomic mass is 10.1. The van der Waals surface area contributed by atoms with Gasteiger partial charge in [-0.1, -0.05) is 5.16 Å². The number of aromatic nitrogens is 2. The van der Waals surface area contributed by atoms with E-state index in [1.165, 1.54) is 0 Å². The standard InChI is InChI=1S/C21H24N4O4S/c1-14-19(21(26)25-12-4-5-13-25)20(15(2)24(14)3)30(27,28)23-17-8-6-16(7-9-17)18-10-11-22-29-18/h6-11,23H,4-5,12-13H2,1-3H3. The van der Waals surface area contributed by atoms with E-state index < -0.39 is 10.0 Å². The smallest absolute Gasteiger partial charge is 0.264 e. The van der Waals surface area contributed by atoms with E-state index in [1.54, 1.807) is 66.9 Å². The number of benzene rings is 1. The highest BCUT2D eigenvalue weighted by Gasteiger charge is 2.33. The molecule has 158 valence electrons. The lowest BCUT2D eigenvalue weighted by molar-refractivity contribution is 0.0788. The van der Waals surface area contributed by atoms with Crippen molar-refractivity contribution in [1.82, 2.24) is 14.6 Å². The number of nitrogens with zero attached hydrogens (tertiary/aromatic N) is 3. The minimum Gasteiger partial charge on any atom is -0.356 e. The fourth-order valence-corrected chi connectivity index (χ4v) is 5.43. The number of amides is 1. The average Bonchev–Trinajstić information content (AvgIpc) is 3.47. The Morgan fingerprint density at radius 1 is 1.07 bits per heavy atom. The highest BCUT2D eigenvalue weighted by Crippen LogP contribution is 2.30. The number of nitrogens with one attached hydrogen (secondary N) is 1. The van der Waals surface area contributed by atoms with Crippen LogP contribution in [0.2, 0.25) is 0 Å². The first-order chi connectivity index (χ1) is 14.3. The zero-order valence-electron chi connectivity index (χ0n) is 17.2. The van der Waals surface area contributed by atoms with Gasteiger partial charge in [0, 0.05) is 48.8 Å². The molecule has 1 amide bonds. The van der Waals surface area contributed by atoms with E-state index >= 15 is 0 Å². The van der Waals surface area contributed by atoms with E-state index in [0.717, 1.165) is 18.4 Å². The van der Waals surface area contributed by atoms with Gasteiger partial charge in [0.1, 0.15) is 4.90 Å². The quantitative estimate of drug-likeness (QED) is 0.672. The molecule has 2 aromatic heterocycles. The van der Waals surface area contributed by atoms with Gasteiger partial charge in [0.25, 0.3) is 15.9 Å². The van der Waals surface area contributed by atoms with Crippen molar-refractivity contribution in [3.8, 4) is 11.3 Å². The third-order valence-electron chi connectivity index (χ3n) is 5.66. The Morgan fingerprint density at radius 3 is 2.33 bits per heavy atom. The van der Waals surface area contributed by atoms with Gasteiger partial charge in [-0.2, -0.15) is 0 Å². The Morgan fingerprint density at radius 2 is 1.73 bits per heavy atom. The van der Waals surface area contributed by atoms with Crippen LogP contribution in [0.5, 0.6) is 0 Å². The summed E-state index contributed by atoms with van der Waals surface area (Å²) in [6.07, 6.45) is 3.42. The Labute approximate surface area is 175 Å². The molecule has 0 spiro atoms. The molecule has 3 aromatic rings. The van der Waals surface area contributed by atoms with Gasteiger partial charge in [-0.15, -0.1) is 0 Å². The van der Waals surface area contributed by atoms with Crippen molar-refractivity contribution in [1.29, 1.82) is 0 Å². The van der Waals surface area contributed by atoms with Crippen LogP contribution in [-0.4, -0.2) is 42.0 Å². The van der Waals surface area contributed by atoms with Gasteiger partial charge >= 0.3 is 0 Å². The summed E-state index contributed by atoms with van der Waals surface area (Å²) in [5, 5.41) is 3.67. The zero-order chi connectivity index (χ0) is 21.5. The highest BCUT2D eigenvalue weighted by atomic mass is 32.2. The van der Waals surface area contributed by atoms with Crippen molar-refractivity contribution in [2.45, 2.75) is 31.6 Å². The Balaban J connectivity index is 1.68. The Kier molecular flexibility index (Phi) is 5.15. The van der Waals surface area contributed by atoms with Crippen molar-refractivity contribution in [2.24, 2.45) is 7.05 Å². The van der Waals surface area contributed by atoms with E-state index in [9.17, 15) is 13.2 Å². The summed E-state index contributed by atoms with van der Waals surface area (Å²) in [5.41, 5.74) is 2.61. The van der Waals surface area contributed by atoms with Gasteiger partial charge in [-0.3, -0.25) is 9.52 Å². The van der Waals surface area contributed by atoms with Crippen LogP contribution in [0.4, 0.5) is 5.69 Å². The molecule has 0 saturated carbocycles. The normalized spacial score (nSPS) is 14.3. The third kappa shape index (κ3) is 3.49. The molecule has 1 aliphatic heterocycles. The van der Waals surface area contributed by atoms with Crippen molar-refractivity contribution in [2.75, 3.05) is 17.8 Å². The maximum absolute atomic E-state index is 13.3. The lowest BCUT2D eigenvalue weighted by Crippen LogP contribution is -2.30. The number of hydrogen-bond acceptors (Lipinski definition) is 5. The second-order valence-electron chi connectivity index (χ2n) is 7.49. The second-order valence-corrected chi connectivity index (χ2v) is 9.11. The van der Waals surface area contributed by atoms with Gasteiger partial charge in [0.15, 0.2) is 5.76 Å². The predicted molar refractivity (Wildman–Crippen MR) is 113 cm³/mol. The van der Waals surface area contributed by atoms with Crippen molar-refractivity contribution < 1.29 is 17.7 Å². The molecule has 8 nitrogen and oxygen atoms in total. The lowest BCUT2D eigenvalue weighted by Gasteiger charge is -2.17. The number of carbonyl (C=O) groups excluding carboxylic acids is 1. The van der Waals surface area contributed by atoms with Gasteiger partial charge in [-0.05, 0) is 51.0 Å². The van der Waals surface area contributed by atoms with Gasteiger partial charge in [0.2, 0.25) is 0 Å². The van der Waals surface area contributed by atoms with Crippen LogP contribution in [0.3, 0.4) is 0 Å². The van der Waals surface area contributed by atoms with Crippen LogP contribution < -0.4 is 4.72 Å². The van der Waals surface area contributed by atoms with Crippen molar-refractivity contribution in [3.63, 3.8) is 0 Å². The van der Waals surface area contributed by atoms with Crippen LogP contribution in [0, 0.1) is 13.8 Å². The number of hydrogen-bond donors (Lipinski definition) is 1. The topological polar surface area (TPSA) is 97.4 Å². The van der Waals surface area contributed by atoms with Crippen LogP contribution in [0.25, 0.3) is 11.3 Å². The van der Waals surface area contributed by atoms with E-state index in [2.05, 4.69) is 9.88 Å². The van der Waals surface area contributed by atoms with E-state index in [0.29, 0.717) is 35.9 Å². The second kappa shape index (κ2) is 7.64. The summed E-state index contributed by atoms with van der Waals surface area (Å²) in [6, 6.07) is 8.53. The first-order valence-corrected chi connectivity index (χ1v) is 11.3. The number of carbonyl (C=O) groups is 1. The first kappa shape index (κ1) is 20.2. The van der Waals surface area contributed by atoms with E-state index in [4.69, 9.17) is 4.52 Å². The van der Waals surface area contributed by atoms with Crippen LogP contribution >= 0.6 is 0 Å². The zero-order valence-corrected chi connectivity index (χ0v) is 18.0. The minimum absolute atomic E-state index is 0.0405. The molecule has 0 bridgehead atoms. The largest absolute Gasteiger partial charge is 0.356 e. The molecule has 1 fully saturated rings. The summed E-state index contributed by atoms with van der Waals surface area (Å²) in [5.74, 6) is 0.368. The summed E-state index contributed by atoms with van der Waals surface area (Å²) >= 11 is 0. The molecule has 9 heteroatoms. The maximum Gasteiger partial charge on any atom is 0.264 e. The third-order valence-corrected chi connectivity index (χ3v) is 7.20. The molecule has 1 N–H and O–H groups in total. The molecule has 0 unspecified atom stereocenters. The van der Waals surface area contributed by atoms with Crippen LogP contribution in [0.15, 0.2) is 45.9 Å². The number of sulfonamides is 1. The fraction of sp³-hybridized carbons (Fsp3) is 0.333.